The molecule has 3 nitrogen and oxygen atoms in total. The summed E-state index contributed by atoms with van der Waals surface area (Å²) in [6.07, 6.45) is 0. The first-order chi connectivity index (χ1) is 6.39. The molecular weight excluding hydrogens is 244 g/mol. The first-order valence-corrected chi connectivity index (χ1v) is 3.34. The molecule has 76 valence electrons. The summed E-state index contributed by atoms with van der Waals surface area (Å²) in [7, 11) is 0. The number of carbonyl (C=O) groups is 3. The number of hydrogen-bond acceptors (Lipinski definition) is 3. The van der Waals surface area contributed by atoms with Crippen LogP contribution in [0.2, 0.25) is 5.02 Å². The molecule has 0 unspecified atom stereocenters. The second-order valence-electron chi connectivity index (χ2n) is 1.30. The zero-order valence-electron chi connectivity index (χ0n) is 7.52. The van der Waals surface area contributed by atoms with E-state index < -0.39 is 0 Å². The van der Waals surface area contributed by atoms with E-state index in [-0.39, 0.29) is 17.4 Å². The van der Waals surface area contributed by atoms with Crippen LogP contribution in [0.25, 0.3) is 0 Å². The van der Waals surface area contributed by atoms with E-state index in [9.17, 15) is 0 Å². The van der Waals surface area contributed by atoms with Gasteiger partial charge in [-0.1, -0.05) is 29.8 Å². The number of hydrogen-bond donors (Lipinski definition) is 0. The summed E-state index contributed by atoms with van der Waals surface area (Å²) in [5.74, 6) is 0. The van der Waals surface area contributed by atoms with Crippen molar-refractivity contribution in [1.29, 1.82) is 0 Å². The van der Waals surface area contributed by atoms with E-state index in [2.05, 4.69) is 0 Å². The van der Waals surface area contributed by atoms with E-state index in [4.69, 9.17) is 26.0 Å². The Morgan fingerprint density at radius 3 is 1.21 bits per heavy atom. The smallest absolute Gasteiger partial charge is 0.307 e. The molecule has 0 saturated carbocycles. The van der Waals surface area contributed by atoms with E-state index in [1.165, 1.54) is 0 Å². The summed E-state index contributed by atoms with van der Waals surface area (Å²) in [6.45, 7) is 6.00. The third-order valence-corrected chi connectivity index (χ3v) is 0.985. The maximum atomic E-state index is 8.00. The van der Waals surface area contributed by atoms with Crippen molar-refractivity contribution in [3.63, 3.8) is 0 Å². The molecule has 14 heavy (non-hydrogen) atoms. The normalized spacial score (nSPS) is 5.21. The SMILES string of the molecule is C=O.C=O.C=O.Clc1ccccc1.[Cr+2]. The summed E-state index contributed by atoms with van der Waals surface area (Å²) in [5, 5.41) is 0.794. The molecule has 0 bridgehead atoms. The zero-order chi connectivity index (χ0) is 11.1. The topological polar surface area (TPSA) is 51.2 Å². The standard InChI is InChI=1S/C6H5Cl.3CH2O.Cr/c7-6-4-2-1-3-5-6;3*1-2;/h1-5H;3*1H2;/q;;;;+2. The second kappa shape index (κ2) is 29.6. The summed E-state index contributed by atoms with van der Waals surface area (Å²) < 4.78 is 0. The van der Waals surface area contributed by atoms with Crippen LogP contribution in [0, 0.1) is 0 Å². The van der Waals surface area contributed by atoms with Gasteiger partial charge in [0.1, 0.15) is 20.4 Å². The van der Waals surface area contributed by atoms with Crippen molar-refractivity contribution in [2.24, 2.45) is 0 Å². The van der Waals surface area contributed by atoms with Crippen LogP contribution < -0.4 is 0 Å². The van der Waals surface area contributed by atoms with Gasteiger partial charge in [0.25, 0.3) is 0 Å². The Morgan fingerprint density at radius 2 is 1.07 bits per heavy atom. The van der Waals surface area contributed by atoms with Crippen molar-refractivity contribution in [3.05, 3.63) is 35.4 Å². The first-order valence-electron chi connectivity index (χ1n) is 2.97. The van der Waals surface area contributed by atoms with Gasteiger partial charge in [-0.3, -0.25) is 0 Å². The minimum atomic E-state index is 0. The molecule has 0 aromatic heterocycles. The van der Waals surface area contributed by atoms with Gasteiger partial charge in [0, 0.05) is 5.02 Å². The molecule has 0 N–H and O–H groups in total. The molecule has 0 saturated heterocycles. The number of halogens is 1. The minimum Gasteiger partial charge on any atom is -0.307 e. The van der Waals surface area contributed by atoms with E-state index in [0.29, 0.717) is 0 Å². The van der Waals surface area contributed by atoms with Crippen LogP contribution in [0.5, 0.6) is 0 Å². The monoisotopic (exact) mass is 254 g/mol. The fraction of sp³-hybridized carbons (Fsp3) is 0. The van der Waals surface area contributed by atoms with Crippen LogP contribution in [0.1, 0.15) is 0 Å². The average molecular weight is 255 g/mol. The Morgan fingerprint density at radius 1 is 0.786 bits per heavy atom. The quantitative estimate of drug-likeness (QED) is 0.709. The largest absolute Gasteiger partial charge is 2.00 e. The van der Waals surface area contributed by atoms with Crippen LogP contribution >= 0.6 is 11.6 Å². The molecule has 0 aliphatic heterocycles. The Bertz CT molecular complexity index is 180. The van der Waals surface area contributed by atoms with Gasteiger partial charge in [0.05, 0.1) is 0 Å². The molecule has 5 heteroatoms. The van der Waals surface area contributed by atoms with Crippen LogP contribution in [0.15, 0.2) is 30.3 Å². The molecule has 0 radical (unpaired) electrons. The first kappa shape index (κ1) is 23.1. The molecule has 1 aromatic carbocycles. The predicted molar refractivity (Wildman–Crippen MR) is 52.8 cm³/mol. The maximum Gasteiger partial charge on any atom is 2.00 e. The van der Waals surface area contributed by atoms with Gasteiger partial charge in [-0.2, -0.15) is 0 Å². The zero-order valence-corrected chi connectivity index (χ0v) is 9.55. The van der Waals surface area contributed by atoms with Crippen LogP contribution in [0.4, 0.5) is 0 Å². The number of carbonyl (C=O) groups excluding carboxylic acids is 3. The van der Waals surface area contributed by atoms with Gasteiger partial charge in [0.15, 0.2) is 0 Å². The molecule has 0 amide bonds. The van der Waals surface area contributed by atoms with Gasteiger partial charge >= 0.3 is 17.4 Å². The molecular formula is C9H11ClCrO3+2. The number of rotatable bonds is 0. The fourth-order valence-corrected chi connectivity index (χ4v) is 0.560. The summed E-state index contributed by atoms with van der Waals surface area (Å²) in [5.41, 5.74) is 0. The van der Waals surface area contributed by atoms with E-state index in [1.54, 1.807) is 0 Å². The summed E-state index contributed by atoms with van der Waals surface area (Å²) in [6, 6.07) is 9.44. The fourth-order valence-electron chi connectivity index (χ4n) is 0.415. The molecule has 1 aromatic rings. The van der Waals surface area contributed by atoms with E-state index in [0.717, 1.165) is 5.02 Å². The van der Waals surface area contributed by atoms with Crippen molar-refractivity contribution in [3.8, 4) is 0 Å². The summed E-state index contributed by atoms with van der Waals surface area (Å²) >= 11 is 5.54. The second-order valence-corrected chi connectivity index (χ2v) is 1.73. The maximum absolute atomic E-state index is 8.00. The summed E-state index contributed by atoms with van der Waals surface area (Å²) in [4.78, 5) is 24.0. The Balaban J connectivity index is -0.0000000625. The predicted octanol–water partition coefficient (Wildman–Crippen LogP) is 1.78. The molecule has 0 fully saturated rings. The number of benzene rings is 1. The third kappa shape index (κ3) is 22.5. The van der Waals surface area contributed by atoms with E-state index >= 15 is 0 Å². The van der Waals surface area contributed by atoms with Crippen molar-refractivity contribution < 1.29 is 31.7 Å². The molecule has 0 spiro atoms. The molecule has 0 heterocycles. The van der Waals surface area contributed by atoms with Crippen LogP contribution in [0.3, 0.4) is 0 Å². The van der Waals surface area contributed by atoms with Crippen molar-refractivity contribution in [2.75, 3.05) is 0 Å². The van der Waals surface area contributed by atoms with Crippen LogP contribution in [-0.2, 0) is 31.7 Å². The Hall–Kier alpha value is -0.948. The Kier molecular flexibility index (Phi) is 48.9. The van der Waals surface area contributed by atoms with Crippen molar-refractivity contribution in [2.45, 2.75) is 0 Å². The van der Waals surface area contributed by atoms with Gasteiger partial charge < -0.3 is 14.4 Å². The third-order valence-electron chi connectivity index (χ3n) is 0.733. The Labute approximate surface area is 99.2 Å². The van der Waals surface area contributed by atoms with Crippen molar-refractivity contribution >= 4 is 32.0 Å². The molecule has 0 aliphatic carbocycles. The minimum absolute atomic E-state index is 0. The van der Waals surface area contributed by atoms with Gasteiger partial charge in [0.2, 0.25) is 0 Å². The van der Waals surface area contributed by atoms with Gasteiger partial charge in [-0.25, -0.2) is 0 Å². The molecule has 0 atom stereocenters. The van der Waals surface area contributed by atoms with Crippen molar-refractivity contribution in [1.82, 2.24) is 0 Å². The van der Waals surface area contributed by atoms with E-state index in [1.807, 2.05) is 50.7 Å². The van der Waals surface area contributed by atoms with Gasteiger partial charge in [-0.15, -0.1) is 0 Å². The average Bonchev–Trinajstić information content (AvgIpc) is 2.28. The molecule has 1 rings (SSSR count). The van der Waals surface area contributed by atoms with Crippen LogP contribution in [-0.4, -0.2) is 20.4 Å². The molecule has 0 aliphatic rings. The van der Waals surface area contributed by atoms with Gasteiger partial charge in [-0.05, 0) is 12.1 Å².